The molecular weight excluding hydrogens is 342 g/mol. The van der Waals surface area contributed by atoms with Gasteiger partial charge in [-0.1, -0.05) is 38.5 Å². The Morgan fingerprint density at radius 2 is 1.22 bits per heavy atom. The van der Waals surface area contributed by atoms with E-state index in [2.05, 4.69) is 15.6 Å². The van der Waals surface area contributed by atoms with Crippen molar-refractivity contribution in [1.82, 2.24) is 0 Å². The Labute approximate surface area is 159 Å². The number of amides is 2. The highest BCUT2D eigenvalue weighted by molar-refractivity contribution is 5.96. The van der Waals surface area contributed by atoms with Crippen molar-refractivity contribution >= 4 is 35.0 Å². The molecule has 0 aliphatic heterocycles. The molecule has 0 saturated heterocycles. The average Bonchev–Trinajstić information content (AvgIpc) is 2.69. The second kappa shape index (κ2) is 9.47. The van der Waals surface area contributed by atoms with E-state index in [1.54, 1.807) is 18.2 Å². The van der Waals surface area contributed by atoms with Gasteiger partial charge in [0.05, 0.1) is 5.69 Å². The Kier molecular flexibility index (Phi) is 6.77. The predicted octanol–water partition coefficient (Wildman–Crippen LogP) is 4.69. The van der Waals surface area contributed by atoms with Crippen LogP contribution in [0.15, 0.2) is 23.2 Å². The summed E-state index contributed by atoms with van der Waals surface area (Å²) < 4.78 is 0. The fourth-order valence-electron chi connectivity index (χ4n) is 4.09. The Bertz CT molecular complexity index is 678. The zero-order valence-corrected chi connectivity index (χ0v) is 15.6. The van der Waals surface area contributed by atoms with Crippen LogP contribution in [0.2, 0.25) is 0 Å². The third kappa shape index (κ3) is 5.51. The molecule has 2 amide bonds. The molecule has 2 aliphatic carbocycles. The highest BCUT2D eigenvalue weighted by Gasteiger charge is 2.23. The first-order chi connectivity index (χ1) is 13.2. The van der Waals surface area contributed by atoms with E-state index in [1.807, 2.05) is 0 Å². The van der Waals surface area contributed by atoms with E-state index >= 15 is 0 Å². The van der Waals surface area contributed by atoms with Crippen LogP contribution >= 0.6 is 0 Å². The van der Waals surface area contributed by atoms with E-state index in [0.717, 1.165) is 51.4 Å². The number of isocyanates is 1. The second-order valence-corrected chi connectivity index (χ2v) is 7.62. The summed E-state index contributed by atoms with van der Waals surface area (Å²) >= 11 is 0. The topological polar surface area (TPSA) is 87.6 Å². The average molecular weight is 369 g/mol. The van der Waals surface area contributed by atoms with Gasteiger partial charge in [0.25, 0.3) is 0 Å². The van der Waals surface area contributed by atoms with Crippen molar-refractivity contribution in [3.63, 3.8) is 0 Å². The van der Waals surface area contributed by atoms with Crippen LogP contribution in [0.25, 0.3) is 0 Å². The summed E-state index contributed by atoms with van der Waals surface area (Å²) in [4.78, 5) is 39.4. The maximum absolute atomic E-state index is 12.5. The van der Waals surface area contributed by atoms with Gasteiger partial charge in [0.15, 0.2) is 0 Å². The van der Waals surface area contributed by atoms with Crippen LogP contribution in [0, 0.1) is 11.8 Å². The minimum atomic E-state index is -0.00788. The number of hydrogen-bond donors (Lipinski definition) is 2. The lowest BCUT2D eigenvalue weighted by atomic mass is 9.88. The van der Waals surface area contributed by atoms with Gasteiger partial charge in [-0.15, -0.1) is 0 Å². The molecule has 2 aliphatic rings. The monoisotopic (exact) mass is 369 g/mol. The first-order valence-electron chi connectivity index (χ1n) is 10.0. The number of nitrogens with zero attached hydrogens (tertiary/aromatic N) is 1. The van der Waals surface area contributed by atoms with Crippen LogP contribution in [0.4, 0.5) is 17.1 Å². The van der Waals surface area contributed by atoms with Gasteiger partial charge in [-0.3, -0.25) is 9.59 Å². The van der Waals surface area contributed by atoms with Gasteiger partial charge in [-0.2, -0.15) is 4.99 Å². The minimum Gasteiger partial charge on any atom is -0.326 e. The van der Waals surface area contributed by atoms with Gasteiger partial charge in [0.1, 0.15) is 0 Å². The number of anilines is 2. The number of carbonyl (C=O) groups excluding carboxylic acids is 3. The fraction of sp³-hybridized carbons (Fsp3) is 0.571. The number of carbonyl (C=O) groups is 2. The van der Waals surface area contributed by atoms with Crippen molar-refractivity contribution in [2.45, 2.75) is 64.2 Å². The highest BCUT2D eigenvalue weighted by atomic mass is 16.2. The molecule has 3 rings (SSSR count). The van der Waals surface area contributed by atoms with Crippen LogP contribution in [-0.2, 0) is 14.4 Å². The molecule has 0 spiro atoms. The molecule has 0 atom stereocenters. The van der Waals surface area contributed by atoms with Crippen molar-refractivity contribution in [3.05, 3.63) is 18.2 Å². The van der Waals surface area contributed by atoms with Gasteiger partial charge in [-0.25, -0.2) is 4.79 Å². The molecule has 2 saturated carbocycles. The molecule has 2 fully saturated rings. The number of aliphatic imine (C=N–C) groups is 1. The van der Waals surface area contributed by atoms with Crippen molar-refractivity contribution in [2.24, 2.45) is 16.8 Å². The molecular formula is C21H27N3O3. The van der Waals surface area contributed by atoms with E-state index in [4.69, 9.17) is 0 Å². The molecule has 2 N–H and O–H groups in total. The molecule has 6 heteroatoms. The Hall–Kier alpha value is -2.46. The van der Waals surface area contributed by atoms with Gasteiger partial charge < -0.3 is 10.6 Å². The highest BCUT2D eigenvalue weighted by Crippen LogP contribution is 2.30. The van der Waals surface area contributed by atoms with E-state index in [-0.39, 0.29) is 23.7 Å². The van der Waals surface area contributed by atoms with E-state index in [1.165, 1.54) is 18.9 Å². The van der Waals surface area contributed by atoms with Gasteiger partial charge in [0.2, 0.25) is 17.9 Å². The number of nitrogens with one attached hydrogen (secondary N) is 2. The maximum atomic E-state index is 12.5. The van der Waals surface area contributed by atoms with E-state index in [0.29, 0.717) is 17.1 Å². The van der Waals surface area contributed by atoms with Crippen LogP contribution in [-0.4, -0.2) is 17.9 Å². The summed E-state index contributed by atoms with van der Waals surface area (Å²) in [6.07, 6.45) is 11.8. The summed E-state index contributed by atoms with van der Waals surface area (Å²) in [7, 11) is 0. The lowest BCUT2D eigenvalue weighted by Gasteiger charge is -2.22. The molecule has 1 aromatic rings. The zero-order valence-electron chi connectivity index (χ0n) is 15.6. The van der Waals surface area contributed by atoms with Crippen molar-refractivity contribution in [2.75, 3.05) is 10.6 Å². The van der Waals surface area contributed by atoms with Gasteiger partial charge in [-0.05, 0) is 43.9 Å². The molecule has 144 valence electrons. The maximum Gasteiger partial charge on any atom is 0.240 e. The van der Waals surface area contributed by atoms with Crippen LogP contribution < -0.4 is 10.6 Å². The molecule has 0 radical (unpaired) electrons. The van der Waals surface area contributed by atoms with E-state index < -0.39 is 0 Å². The number of benzene rings is 1. The predicted molar refractivity (Wildman–Crippen MR) is 105 cm³/mol. The van der Waals surface area contributed by atoms with Gasteiger partial charge >= 0.3 is 0 Å². The quantitative estimate of drug-likeness (QED) is 0.583. The molecule has 0 aromatic heterocycles. The lowest BCUT2D eigenvalue weighted by molar-refractivity contribution is -0.121. The SMILES string of the molecule is O=C=Nc1cc(NC(=O)C2CCCCC2)cc(NC(=O)C2CCCCC2)c1. The summed E-state index contributed by atoms with van der Waals surface area (Å²) in [5.74, 6) is 0.0347. The largest absolute Gasteiger partial charge is 0.326 e. The minimum absolute atomic E-state index is 0.00788. The number of hydrogen-bond acceptors (Lipinski definition) is 4. The first-order valence-corrected chi connectivity index (χ1v) is 10.0. The van der Waals surface area contributed by atoms with Crippen LogP contribution in [0.3, 0.4) is 0 Å². The third-order valence-corrected chi connectivity index (χ3v) is 5.58. The Balaban J connectivity index is 1.72. The van der Waals surface area contributed by atoms with Gasteiger partial charge in [0, 0.05) is 23.2 Å². The molecule has 0 unspecified atom stereocenters. The third-order valence-electron chi connectivity index (χ3n) is 5.58. The normalized spacial score (nSPS) is 18.4. The smallest absolute Gasteiger partial charge is 0.240 e. The van der Waals surface area contributed by atoms with Crippen molar-refractivity contribution in [3.8, 4) is 0 Å². The standard InChI is InChI=1S/C21H27N3O3/c25-14-22-17-11-18(23-20(26)15-7-3-1-4-8-15)13-19(12-17)24-21(27)16-9-5-2-6-10-16/h11-13,15-16H,1-10H2,(H,23,26)(H,24,27). The fourth-order valence-corrected chi connectivity index (χ4v) is 4.09. The summed E-state index contributed by atoms with van der Waals surface area (Å²) in [5.41, 5.74) is 1.45. The molecule has 0 bridgehead atoms. The summed E-state index contributed by atoms with van der Waals surface area (Å²) in [5, 5.41) is 5.85. The zero-order chi connectivity index (χ0) is 19.1. The Morgan fingerprint density at radius 3 is 1.63 bits per heavy atom. The second-order valence-electron chi connectivity index (χ2n) is 7.62. The first kappa shape index (κ1) is 19.3. The molecule has 27 heavy (non-hydrogen) atoms. The van der Waals surface area contributed by atoms with Crippen molar-refractivity contribution < 1.29 is 14.4 Å². The molecule has 6 nitrogen and oxygen atoms in total. The molecule has 1 aromatic carbocycles. The Morgan fingerprint density at radius 1 is 0.778 bits per heavy atom. The van der Waals surface area contributed by atoms with Crippen molar-refractivity contribution in [1.29, 1.82) is 0 Å². The number of rotatable bonds is 5. The summed E-state index contributed by atoms with van der Waals surface area (Å²) in [6.45, 7) is 0. The lowest BCUT2D eigenvalue weighted by Crippen LogP contribution is -2.25. The molecule has 0 heterocycles. The summed E-state index contributed by atoms with van der Waals surface area (Å²) in [6, 6.07) is 4.98. The van der Waals surface area contributed by atoms with E-state index in [9.17, 15) is 14.4 Å². The van der Waals surface area contributed by atoms with Crippen LogP contribution in [0.1, 0.15) is 64.2 Å². The van der Waals surface area contributed by atoms with Crippen LogP contribution in [0.5, 0.6) is 0 Å².